The summed E-state index contributed by atoms with van der Waals surface area (Å²) in [6.45, 7) is 2.72. The average Bonchev–Trinajstić information content (AvgIpc) is 3.00. The summed E-state index contributed by atoms with van der Waals surface area (Å²) in [4.78, 5) is 11.0. The van der Waals surface area contributed by atoms with Gasteiger partial charge in [-0.25, -0.2) is 0 Å². The fourth-order valence-corrected chi connectivity index (χ4v) is 1.40. The Kier molecular flexibility index (Phi) is 2.62. The van der Waals surface area contributed by atoms with Gasteiger partial charge in [-0.05, 0) is 43.4 Å². The van der Waals surface area contributed by atoms with E-state index in [-0.39, 0.29) is 0 Å². The number of amides is 1. The van der Waals surface area contributed by atoms with Gasteiger partial charge in [0.05, 0.1) is 6.61 Å². The summed E-state index contributed by atoms with van der Waals surface area (Å²) in [6, 6.07) is 5.31. The summed E-state index contributed by atoms with van der Waals surface area (Å²) in [5, 5.41) is 0. The van der Waals surface area contributed by atoms with Crippen LogP contribution in [0.5, 0.6) is 5.75 Å². The predicted octanol–water partition coefficient (Wildman–Crippen LogP) is 1.88. The first-order chi connectivity index (χ1) is 7.16. The highest BCUT2D eigenvalue weighted by Crippen LogP contribution is 2.30. The van der Waals surface area contributed by atoms with E-state index in [9.17, 15) is 4.79 Å². The van der Waals surface area contributed by atoms with Gasteiger partial charge in [-0.3, -0.25) is 4.79 Å². The molecule has 1 amide bonds. The molecular formula is C12H15NO2. The van der Waals surface area contributed by atoms with Crippen LogP contribution >= 0.6 is 0 Å². The van der Waals surface area contributed by atoms with Crippen LogP contribution in [0.25, 0.3) is 0 Å². The van der Waals surface area contributed by atoms with E-state index in [1.807, 2.05) is 13.0 Å². The van der Waals surface area contributed by atoms with Gasteiger partial charge < -0.3 is 10.5 Å². The van der Waals surface area contributed by atoms with Gasteiger partial charge in [-0.2, -0.15) is 0 Å². The van der Waals surface area contributed by atoms with E-state index < -0.39 is 5.91 Å². The van der Waals surface area contributed by atoms with Gasteiger partial charge in [0.15, 0.2) is 0 Å². The summed E-state index contributed by atoms with van der Waals surface area (Å²) in [6.07, 6.45) is 2.52. The maximum Gasteiger partial charge on any atom is 0.248 e. The molecule has 0 unspecified atom stereocenters. The second kappa shape index (κ2) is 3.93. The second-order valence-corrected chi connectivity index (χ2v) is 4.10. The number of aryl methyl sites for hydroxylation is 1. The monoisotopic (exact) mass is 205 g/mol. The molecule has 80 valence electrons. The maximum atomic E-state index is 11.0. The normalized spacial score (nSPS) is 15.0. The smallest absolute Gasteiger partial charge is 0.248 e. The lowest BCUT2D eigenvalue weighted by molar-refractivity contribution is 0.1000. The van der Waals surface area contributed by atoms with Crippen LogP contribution in [-0.2, 0) is 0 Å². The molecule has 0 atom stereocenters. The molecule has 0 radical (unpaired) electrons. The Balaban J connectivity index is 2.12. The van der Waals surface area contributed by atoms with Crippen molar-refractivity contribution in [3.63, 3.8) is 0 Å². The summed E-state index contributed by atoms with van der Waals surface area (Å²) >= 11 is 0. The topological polar surface area (TPSA) is 52.3 Å². The zero-order chi connectivity index (χ0) is 10.8. The molecule has 0 aromatic heterocycles. The zero-order valence-corrected chi connectivity index (χ0v) is 8.82. The standard InChI is InChI=1S/C12H15NO2/c1-8-2-5-10(12(13)14)6-11(8)15-7-9-3-4-9/h2,5-6,9H,3-4,7H2,1H3,(H2,13,14). The van der Waals surface area contributed by atoms with Gasteiger partial charge in [0, 0.05) is 5.56 Å². The quantitative estimate of drug-likeness (QED) is 0.816. The molecule has 2 rings (SSSR count). The van der Waals surface area contributed by atoms with Crippen LogP contribution in [0.3, 0.4) is 0 Å². The number of benzene rings is 1. The molecule has 0 bridgehead atoms. The van der Waals surface area contributed by atoms with Crippen LogP contribution < -0.4 is 10.5 Å². The van der Waals surface area contributed by atoms with Crippen LogP contribution in [0.4, 0.5) is 0 Å². The van der Waals surface area contributed by atoms with Crippen LogP contribution in [0.2, 0.25) is 0 Å². The van der Waals surface area contributed by atoms with Crippen LogP contribution in [0, 0.1) is 12.8 Å². The highest BCUT2D eigenvalue weighted by molar-refractivity contribution is 5.93. The van der Waals surface area contributed by atoms with Crippen molar-refractivity contribution >= 4 is 5.91 Å². The number of carbonyl (C=O) groups is 1. The SMILES string of the molecule is Cc1ccc(C(N)=O)cc1OCC1CC1. The molecule has 0 aliphatic heterocycles. The number of primary amides is 1. The Morgan fingerprint density at radius 1 is 1.53 bits per heavy atom. The molecular weight excluding hydrogens is 190 g/mol. The van der Waals surface area contributed by atoms with E-state index in [0.717, 1.165) is 17.9 Å². The number of ether oxygens (including phenoxy) is 1. The highest BCUT2D eigenvalue weighted by Gasteiger charge is 2.22. The predicted molar refractivity (Wildman–Crippen MR) is 57.9 cm³/mol. The lowest BCUT2D eigenvalue weighted by Crippen LogP contribution is -2.11. The van der Waals surface area contributed by atoms with Crippen molar-refractivity contribution < 1.29 is 9.53 Å². The Hall–Kier alpha value is -1.51. The third-order valence-corrected chi connectivity index (χ3v) is 2.64. The van der Waals surface area contributed by atoms with Crippen molar-refractivity contribution in [2.24, 2.45) is 11.7 Å². The molecule has 1 aromatic rings. The molecule has 1 fully saturated rings. The van der Waals surface area contributed by atoms with E-state index in [4.69, 9.17) is 10.5 Å². The number of rotatable bonds is 4. The van der Waals surface area contributed by atoms with Gasteiger partial charge in [-0.15, -0.1) is 0 Å². The first-order valence-electron chi connectivity index (χ1n) is 5.20. The van der Waals surface area contributed by atoms with Crippen molar-refractivity contribution in [2.45, 2.75) is 19.8 Å². The van der Waals surface area contributed by atoms with Crippen LogP contribution in [-0.4, -0.2) is 12.5 Å². The first-order valence-corrected chi connectivity index (χ1v) is 5.20. The summed E-state index contributed by atoms with van der Waals surface area (Å²) in [5.74, 6) is 1.08. The van der Waals surface area contributed by atoms with Crippen LogP contribution in [0.15, 0.2) is 18.2 Å². The minimum absolute atomic E-state index is 0.411. The molecule has 15 heavy (non-hydrogen) atoms. The van der Waals surface area contributed by atoms with Gasteiger partial charge in [0.1, 0.15) is 5.75 Å². The lowest BCUT2D eigenvalue weighted by atomic mass is 10.1. The number of nitrogens with two attached hydrogens (primary N) is 1. The lowest BCUT2D eigenvalue weighted by Gasteiger charge is -2.09. The minimum Gasteiger partial charge on any atom is -0.493 e. The summed E-state index contributed by atoms with van der Waals surface area (Å²) < 4.78 is 5.64. The van der Waals surface area contributed by atoms with Gasteiger partial charge >= 0.3 is 0 Å². The van der Waals surface area contributed by atoms with E-state index in [1.165, 1.54) is 12.8 Å². The molecule has 1 aromatic carbocycles. The maximum absolute atomic E-state index is 11.0. The number of hydrogen-bond acceptors (Lipinski definition) is 2. The first kappa shape index (κ1) is 10.0. The molecule has 0 spiro atoms. The minimum atomic E-state index is -0.411. The summed E-state index contributed by atoms with van der Waals surface area (Å²) in [7, 11) is 0. The average molecular weight is 205 g/mol. The van der Waals surface area contributed by atoms with Crippen molar-refractivity contribution in [1.29, 1.82) is 0 Å². The van der Waals surface area contributed by atoms with E-state index in [2.05, 4.69) is 0 Å². The molecule has 2 N–H and O–H groups in total. The van der Waals surface area contributed by atoms with Gasteiger partial charge in [-0.1, -0.05) is 6.07 Å². The van der Waals surface area contributed by atoms with Gasteiger partial charge in [0.2, 0.25) is 5.91 Å². The van der Waals surface area contributed by atoms with E-state index in [1.54, 1.807) is 12.1 Å². The number of hydrogen-bond donors (Lipinski definition) is 1. The third-order valence-electron chi connectivity index (χ3n) is 2.64. The van der Waals surface area contributed by atoms with Crippen molar-refractivity contribution in [3.05, 3.63) is 29.3 Å². The summed E-state index contributed by atoms with van der Waals surface area (Å²) in [5.41, 5.74) is 6.75. The molecule has 3 heteroatoms. The zero-order valence-electron chi connectivity index (χ0n) is 8.82. The molecule has 0 saturated heterocycles. The Morgan fingerprint density at radius 3 is 2.87 bits per heavy atom. The molecule has 3 nitrogen and oxygen atoms in total. The Labute approximate surface area is 89.2 Å². The third kappa shape index (κ3) is 2.49. The van der Waals surface area contributed by atoms with Gasteiger partial charge in [0.25, 0.3) is 0 Å². The molecule has 0 heterocycles. The molecule has 1 aliphatic carbocycles. The highest BCUT2D eigenvalue weighted by atomic mass is 16.5. The van der Waals surface area contributed by atoms with Crippen LogP contribution in [0.1, 0.15) is 28.8 Å². The fourth-order valence-electron chi connectivity index (χ4n) is 1.40. The van der Waals surface area contributed by atoms with E-state index in [0.29, 0.717) is 11.5 Å². The largest absolute Gasteiger partial charge is 0.493 e. The fraction of sp³-hybridized carbons (Fsp3) is 0.417. The van der Waals surface area contributed by atoms with E-state index >= 15 is 0 Å². The molecule has 1 saturated carbocycles. The molecule has 1 aliphatic rings. The van der Waals surface area contributed by atoms with Crippen molar-refractivity contribution in [2.75, 3.05) is 6.61 Å². The number of carbonyl (C=O) groups excluding carboxylic acids is 1. The second-order valence-electron chi connectivity index (χ2n) is 4.10. The van der Waals surface area contributed by atoms with Crippen molar-refractivity contribution in [3.8, 4) is 5.75 Å². The van der Waals surface area contributed by atoms with Crippen molar-refractivity contribution in [1.82, 2.24) is 0 Å². The Bertz CT molecular complexity index is 383. The Morgan fingerprint density at radius 2 is 2.27 bits per heavy atom.